The van der Waals surface area contributed by atoms with Crippen LogP contribution in [0.1, 0.15) is 27.7 Å². The number of phosphoric acid groups is 2. The normalized spacial score (nSPS) is 10.8. The van der Waals surface area contributed by atoms with E-state index in [0.29, 0.717) is 0 Å². The van der Waals surface area contributed by atoms with Crippen LogP contribution in [0.15, 0.2) is 0 Å². The average molecular weight is 375 g/mol. The molecule has 2 N–H and O–H groups in total. The summed E-state index contributed by atoms with van der Waals surface area (Å²) in [6.45, 7) is 7.26. The Morgan fingerprint density at radius 1 is 0.700 bits per heavy atom. The van der Waals surface area contributed by atoms with Gasteiger partial charge in [0.1, 0.15) is 0 Å². The summed E-state index contributed by atoms with van der Waals surface area (Å²) in [5.41, 5.74) is 0. The fourth-order valence-electron chi connectivity index (χ4n) is 0.727. The first-order valence-corrected chi connectivity index (χ1v) is 9.22. The van der Waals surface area contributed by atoms with Crippen molar-refractivity contribution < 1.29 is 58.1 Å². The SMILES string of the molecule is CCOP(=O)(O)OCC.CCOP(=O)(O)OCC.[O]=[V]. The van der Waals surface area contributed by atoms with Gasteiger partial charge in [0.15, 0.2) is 0 Å². The molecule has 0 heterocycles. The zero-order valence-electron chi connectivity index (χ0n) is 11.9. The second-order valence-electron chi connectivity index (χ2n) is 2.61. The van der Waals surface area contributed by atoms with E-state index in [4.69, 9.17) is 13.5 Å². The zero-order chi connectivity index (χ0) is 16.7. The molecule has 0 unspecified atom stereocenters. The van der Waals surface area contributed by atoms with Crippen LogP contribution >= 0.6 is 15.6 Å². The molecule has 0 saturated heterocycles. The zero-order valence-corrected chi connectivity index (χ0v) is 15.1. The predicted octanol–water partition coefficient (Wildman–Crippen LogP) is 2.20. The maximum absolute atomic E-state index is 10.5. The fraction of sp³-hybridized carbons (Fsp3) is 1.00. The van der Waals surface area contributed by atoms with E-state index in [1.54, 1.807) is 27.7 Å². The number of hydrogen-bond donors (Lipinski definition) is 2. The molecule has 0 amide bonds. The van der Waals surface area contributed by atoms with E-state index >= 15 is 0 Å². The topological polar surface area (TPSA) is 129 Å². The second kappa shape index (κ2) is 16.0. The van der Waals surface area contributed by atoms with Crippen LogP contribution in [-0.4, -0.2) is 36.2 Å². The molecule has 0 bridgehead atoms. The van der Waals surface area contributed by atoms with E-state index in [-0.39, 0.29) is 26.4 Å². The van der Waals surface area contributed by atoms with Crippen molar-refractivity contribution in [2.45, 2.75) is 27.7 Å². The quantitative estimate of drug-likeness (QED) is 0.613. The summed E-state index contributed by atoms with van der Waals surface area (Å²) in [5, 5.41) is 0. The van der Waals surface area contributed by atoms with Gasteiger partial charge in [-0.2, -0.15) is 0 Å². The van der Waals surface area contributed by atoms with Crippen LogP contribution in [-0.2, 0) is 48.3 Å². The Bertz CT molecular complexity index is 254. The van der Waals surface area contributed by atoms with Crippen LogP contribution in [0, 0.1) is 0 Å². The number of phosphoric ester groups is 2. The van der Waals surface area contributed by atoms with Crippen molar-refractivity contribution in [3.63, 3.8) is 0 Å². The van der Waals surface area contributed by atoms with E-state index in [2.05, 4.69) is 18.1 Å². The molecule has 0 spiro atoms. The molecule has 20 heavy (non-hydrogen) atoms. The van der Waals surface area contributed by atoms with Crippen molar-refractivity contribution in [2.24, 2.45) is 0 Å². The monoisotopic (exact) mass is 375 g/mol. The van der Waals surface area contributed by atoms with Crippen LogP contribution in [0.25, 0.3) is 0 Å². The summed E-state index contributed by atoms with van der Waals surface area (Å²) in [4.78, 5) is 17.3. The van der Waals surface area contributed by atoms with E-state index in [1.807, 2.05) is 0 Å². The number of hydrogen-bond acceptors (Lipinski definition) is 7. The third kappa shape index (κ3) is 20.9. The van der Waals surface area contributed by atoms with Gasteiger partial charge in [-0.05, 0) is 27.7 Å². The maximum atomic E-state index is 10.5. The molecule has 0 aliphatic rings. The molecule has 0 aromatic rings. The molecule has 0 atom stereocenters. The molecule has 0 fully saturated rings. The number of rotatable bonds is 8. The van der Waals surface area contributed by atoms with Gasteiger partial charge >= 0.3 is 36.7 Å². The molecule has 0 aliphatic heterocycles. The molecule has 0 aromatic carbocycles. The Hall–Kier alpha value is 0.604. The van der Waals surface area contributed by atoms with Crippen molar-refractivity contribution in [1.29, 1.82) is 0 Å². The van der Waals surface area contributed by atoms with Crippen molar-refractivity contribution in [1.82, 2.24) is 0 Å². The van der Waals surface area contributed by atoms with Gasteiger partial charge in [-0.3, -0.25) is 18.1 Å². The second-order valence-corrected chi connectivity index (χ2v) is 5.52. The first-order chi connectivity index (χ1) is 9.24. The van der Waals surface area contributed by atoms with Gasteiger partial charge in [-0.25, -0.2) is 9.13 Å². The summed E-state index contributed by atoms with van der Waals surface area (Å²) in [6, 6.07) is 0. The van der Waals surface area contributed by atoms with Crippen molar-refractivity contribution in [3.8, 4) is 0 Å². The summed E-state index contributed by atoms with van der Waals surface area (Å²) in [6.07, 6.45) is 0. The third-order valence-electron chi connectivity index (χ3n) is 1.17. The third-order valence-corrected chi connectivity index (χ3v) is 3.51. The molecule has 0 aliphatic carbocycles. The van der Waals surface area contributed by atoms with E-state index in [1.165, 1.54) is 0 Å². The molecule has 12 heteroatoms. The summed E-state index contributed by atoms with van der Waals surface area (Å²) in [5.74, 6) is 0. The first kappa shape index (κ1) is 25.6. The molecular weight excluding hydrogens is 353 g/mol. The standard InChI is InChI=1S/2C4H11O4P.O.V/c2*1-3-7-9(5,6)8-4-2;;/h2*3-4H2,1-2H3,(H,5,6);;. The molecule has 9 nitrogen and oxygen atoms in total. The Morgan fingerprint density at radius 2 is 0.850 bits per heavy atom. The van der Waals surface area contributed by atoms with Crippen molar-refractivity contribution in [3.05, 3.63) is 0 Å². The van der Waals surface area contributed by atoms with E-state index in [0.717, 1.165) is 17.4 Å². The van der Waals surface area contributed by atoms with Gasteiger partial charge < -0.3 is 9.79 Å². The van der Waals surface area contributed by atoms with Crippen LogP contribution < -0.4 is 0 Å². The predicted molar refractivity (Wildman–Crippen MR) is 66.8 cm³/mol. The van der Waals surface area contributed by atoms with Crippen LogP contribution in [0.4, 0.5) is 0 Å². The summed E-state index contributed by atoms with van der Waals surface area (Å²) in [7, 11) is -7.39. The molecule has 0 radical (unpaired) electrons. The molecule has 0 rings (SSSR count). The van der Waals surface area contributed by atoms with Gasteiger partial charge in [0, 0.05) is 0 Å². The van der Waals surface area contributed by atoms with E-state index < -0.39 is 15.6 Å². The minimum absolute atomic E-state index is 0.188. The first-order valence-electron chi connectivity index (χ1n) is 5.66. The molecule has 123 valence electrons. The summed E-state index contributed by atoms with van der Waals surface area (Å²) < 4.78 is 46.7. The Kier molecular flexibility index (Phi) is 20.4. The van der Waals surface area contributed by atoms with Gasteiger partial charge in [-0.1, -0.05) is 0 Å². The molecule has 0 aromatic heterocycles. The van der Waals surface area contributed by atoms with Crippen LogP contribution in [0.3, 0.4) is 0 Å². The average Bonchev–Trinajstić information content (AvgIpc) is 2.31. The Morgan fingerprint density at radius 3 is 0.950 bits per heavy atom. The van der Waals surface area contributed by atoms with Crippen molar-refractivity contribution >= 4 is 15.6 Å². The Balaban J connectivity index is -0.000000257. The fourth-order valence-corrected chi connectivity index (χ4v) is 2.18. The molecule has 0 saturated carbocycles. The van der Waals surface area contributed by atoms with Crippen LogP contribution in [0.5, 0.6) is 0 Å². The Labute approximate surface area is 128 Å². The minimum atomic E-state index is -3.69. The summed E-state index contributed by atoms with van der Waals surface area (Å²) >= 11 is 1.06. The van der Waals surface area contributed by atoms with E-state index in [9.17, 15) is 9.13 Å². The van der Waals surface area contributed by atoms with Gasteiger partial charge in [-0.15, -0.1) is 0 Å². The van der Waals surface area contributed by atoms with Crippen LogP contribution in [0.2, 0.25) is 0 Å². The van der Waals surface area contributed by atoms with Crippen molar-refractivity contribution in [2.75, 3.05) is 26.4 Å². The molecular formula is C8H22O9P2V. The van der Waals surface area contributed by atoms with Gasteiger partial charge in [0.05, 0.1) is 26.4 Å². The van der Waals surface area contributed by atoms with Gasteiger partial charge in [0.2, 0.25) is 0 Å². The van der Waals surface area contributed by atoms with Gasteiger partial charge in [0.25, 0.3) is 0 Å².